The maximum absolute atomic E-state index is 9.71. The first-order chi connectivity index (χ1) is 8.40. The fourth-order valence-corrected chi connectivity index (χ4v) is 1.77. The van der Waals surface area contributed by atoms with Gasteiger partial charge >= 0.3 is 0 Å². The average molecular weight is 237 g/mol. The van der Waals surface area contributed by atoms with E-state index in [1.54, 1.807) is 0 Å². The average Bonchev–Trinajstić information content (AvgIpc) is 2.89. The summed E-state index contributed by atoms with van der Waals surface area (Å²) < 4.78 is 10.8. The van der Waals surface area contributed by atoms with Gasteiger partial charge in [0.25, 0.3) is 0 Å². The lowest BCUT2D eigenvalue weighted by atomic mass is 10.1. The Morgan fingerprint density at radius 2 is 1.94 bits per heavy atom. The molecule has 5 heteroatoms. The van der Waals surface area contributed by atoms with Crippen LogP contribution in [0.15, 0.2) is 29.6 Å². The molecular formula is C12H15NO4. The van der Waals surface area contributed by atoms with Crippen molar-refractivity contribution in [3.63, 3.8) is 0 Å². The molecule has 0 aliphatic carbocycles. The predicted molar refractivity (Wildman–Crippen MR) is 61.2 cm³/mol. The highest BCUT2D eigenvalue weighted by molar-refractivity contribution is 5.23. The minimum Gasteiger partial charge on any atom is -0.364 e. The third-order valence-electron chi connectivity index (χ3n) is 2.63. The summed E-state index contributed by atoms with van der Waals surface area (Å²) >= 11 is 0. The molecule has 0 amide bonds. The van der Waals surface area contributed by atoms with Crippen LogP contribution in [-0.2, 0) is 20.7 Å². The van der Waals surface area contributed by atoms with Gasteiger partial charge in [-0.25, -0.2) is 0 Å². The maximum Gasteiger partial charge on any atom is 0.184 e. The summed E-state index contributed by atoms with van der Waals surface area (Å²) in [7, 11) is 0. The minimum atomic E-state index is -0.216. The van der Waals surface area contributed by atoms with Gasteiger partial charge in [-0.2, -0.15) is 0 Å². The van der Waals surface area contributed by atoms with Gasteiger partial charge in [-0.15, -0.1) is 4.91 Å². The Morgan fingerprint density at radius 3 is 2.59 bits per heavy atom. The molecule has 5 nitrogen and oxygen atoms in total. The van der Waals surface area contributed by atoms with Gasteiger partial charge in [-0.1, -0.05) is 24.3 Å². The second-order valence-electron chi connectivity index (χ2n) is 3.83. The van der Waals surface area contributed by atoms with Gasteiger partial charge in [0.1, 0.15) is 6.61 Å². The van der Waals surface area contributed by atoms with Crippen LogP contribution in [0.5, 0.6) is 0 Å². The molecule has 0 spiro atoms. The molecule has 1 aliphatic heterocycles. The second kappa shape index (κ2) is 6.32. The van der Waals surface area contributed by atoms with E-state index < -0.39 is 0 Å². The second-order valence-corrected chi connectivity index (χ2v) is 3.83. The number of hydrogen-bond acceptors (Lipinski definition) is 5. The van der Waals surface area contributed by atoms with Crippen molar-refractivity contribution in [3.8, 4) is 0 Å². The van der Waals surface area contributed by atoms with Gasteiger partial charge in [-0.05, 0) is 18.4 Å². The van der Waals surface area contributed by atoms with Crippen molar-refractivity contribution in [2.45, 2.75) is 19.1 Å². The van der Waals surface area contributed by atoms with Gasteiger partial charge in [0, 0.05) is 5.56 Å². The van der Waals surface area contributed by atoms with Gasteiger partial charge in [0.05, 0.1) is 13.2 Å². The lowest BCUT2D eigenvalue weighted by Crippen LogP contribution is -1.98. The first-order valence-electron chi connectivity index (χ1n) is 5.67. The molecule has 2 rings (SSSR count). The SMILES string of the molecule is O=NOCCCc1ccc(C2OCCO2)cc1. The molecule has 0 N–H and O–H groups in total. The Bertz CT molecular complexity index is 346. The van der Waals surface area contributed by atoms with Gasteiger partial charge < -0.3 is 14.3 Å². The van der Waals surface area contributed by atoms with Crippen molar-refractivity contribution in [2.75, 3.05) is 19.8 Å². The molecule has 0 unspecified atom stereocenters. The van der Waals surface area contributed by atoms with Crippen molar-refractivity contribution in [1.82, 2.24) is 0 Å². The first kappa shape index (κ1) is 12.0. The highest BCUT2D eigenvalue weighted by atomic mass is 16.7. The molecule has 17 heavy (non-hydrogen) atoms. The summed E-state index contributed by atoms with van der Waals surface area (Å²) in [5, 5.41) is 2.35. The molecule has 0 radical (unpaired) electrons. The highest BCUT2D eigenvalue weighted by Crippen LogP contribution is 2.23. The van der Waals surface area contributed by atoms with Gasteiger partial charge in [0.15, 0.2) is 11.6 Å². The van der Waals surface area contributed by atoms with Crippen LogP contribution in [0, 0.1) is 4.91 Å². The topological polar surface area (TPSA) is 57.1 Å². The summed E-state index contributed by atoms with van der Waals surface area (Å²) in [6.45, 7) is 1.67. The van der Waals surface area contributed by atoms with Crippen molar-refractivity contribution in [1.29, 1.82) is 0 Å². The first-order valence-corrected chi connectivity index (χ1v) is 5.67. The normalized spacial score (nSPS) is 16.0. The number of hydrogen-bond donors (Lipinski definition) is 0. The quantitative estimate of drug-likeness (QED) is 0.433. The zero-order chi connectivity index (χ0) is 11.9. The van der Waals surface area contributed by atoms with E-state index in [1.165, 1.54) is 5.56 Å². The van der Waals surface area contributed by atoms with Crippen LogP contribution in [0.25, 0.3) is 0 Å². The third kappa shape index (κ3) is 3.51. The molecule has 0 bridgehead atoms. The lowest BCUT2D eigenvalue weighted by Gasteiger charge is -2.09. The number of ether oxygens (including phenoxy) is 2. The number of rotatable bonds is 6. The van der Waals surface area contributed by atoms with E-state index in [0.717, 1.165) is 18.4 Å². The van der Waals surface area contributed by atoms with E-state index in [0.29, 0.717) is 19.8 Å². The Morgan fingerprint density at radius 1 is 1.24 bits per heavy atom. The highest BCUT2D eigenvalue weighted by Gasteiger charge is 2.17. The molecule has 1 saturated heterocycles. The van der Waals surface area contributed by atoms with E-state index in [2.05, 4.69) is 10.2 Å². The third-order valence-corrected chi connectivity index (χ3v) is 2.63. The molecule has 1 fully saturated rings. The fourth-order valence-electron chi connectivity index (χ4n) is 1.77. The number of nitrogens with zero attached hydrogens (tertiary/aromatic N) is 1. The smallest absolute Gasteiger partial charge is 0.184 e. The number of aryl methyl sites for hydroxylation is 1. The van der Waals surface area contributed by atoms with Crippen LogP contribution >= 0.6 is 0 Å². The van der Waals surface area contributed by atoms with Crippen molar-refractivity contribution >= 4 is 0 Å². The summed E-state index contributed by atoms with van der Waals surface area (Å²) in [5.41, 5.74) is 2.23. The van der Waals surface area contributed by atoms with Crippen LogP contribution in [-0.4, -0.2) is 19.8 Å². The van der Waals surface area contributed by atoms with Crippen LogP contribution in [0.3, 0.4) is 0 Å². The molecule has 0 aromatic heterocycles. The summed E-state index contributed by atoms with van der Waals surface area (Å²) in [5.74, 6) is 0. The Hall–Kier alpha value is -1.46. The largest absolute Gasteiger partial charge is 0.364 e. The summed E-state index contributed by atoms with van der Waals surface area (Å²) in [6.07, 6.45) is 1.43. The fraction of sp³-hybridized carbons (Fsp3) is 0.500. The van der Waals surface area contributed by atoms with Crippen molar-refractivity contribution in [2.24, 2.45) is 5.34 Å². The zero-order valence-electron chi connectivity index (χ0n) is 9.50. The van der Waals surface area contributed by atoms with E-state index in [-0.39, 0.29) is 6.29 Å². The zero-order valence-corrected chi connectivity index (χ0v) is 9.50. The predicted octanol–water partition coefficient (Wildman–Crippen LogP) is 2.36. The van der Waals surface area contributed by atoms with E-state index in [4.69, 9.17) is 9.47 Å². The van der Waals surface area contributed by atoms with Crippen LogP contribution < -0.4 is 0 Å². The van der Waals surface area contributed by atoms with E-state index >= 15 is 0 Å². The Balaban J connectivity index is 1.82. The summed E-state index contributed by atoms with van der Waals surface area (Å²) in [4.78, 5) is 14.1. The number of benzene rings is 1. The molecule has 1 aliphatic rings. The molecule has 1 aromatic carbocycles. The van der Waals surface area contributed by atoms with Crippen molar-refractivity contribution in [3.05, 3.63) is 40.3 Å². The lowest BCUT2D eigenvalue weighted by molar-refractivity contribution is -0.0441. The molecule has 0 atom stereocenters. The van der Waals surface area contributed by atoms with E-state index in [9.17, 15) is 4.91 Å². The molecule has 92 valence electrons. The monoisotopic (exact) mass is 237 g/mol. The maximum atomic E-state index is 9.71. The Kier molecular flexibility index (Phi) is 4.46. The summed E-state index contributed by atoms with van der Waals surface area (Å²) in [6, 6.07) is 8.08. The van der Waals surface area contributed by atoms with Crippen LogP contribution in [0.4, 0.5) is 0 Å². The van der Waals surface area contributed by atoms with Crippen LogP contribution in [0.2, 0.25) is 0 Å². The van der Waals surface area contributed by atoms with Crippen LogP contribution in [0.1, 0.15) is 23.8 Å². The van der Waals surface area contributed by atoms with E-state index in [1.807, 2.05) is 24.3 Å². The standard InChI is InChI=1S/C12H15NO4/c14-13-17-7-1-2-10-3-5-11(6-4-10)12-15-8-9-16-12/h3-6,12H,1-2,7-9H2. The molecular weight excluding hydrogens is 222 g/mol. The van der Waals surface area contributed by atoms with Crippen molar-refractivity contribution < 1.29 is 14.3 Å². The Labute approximate surface area is 99.6 Å². The molecule has 0 saturated carbocycles. The van der Waals surface area contributed by atoms with Gasteiger partial charge in [-0.3, -0.25) is 0 Å². The minimum absolute atomic E-state index is 0.216. The van der Waals surface area contributed by atoms with Gasteiger partial charge in [0.2, 0.25) is 0 Å². The molecule has 1 heterocycles. The molecule has 1 aromatic rings.